The van der Waals surface area contributed by atoms with Gasteiger partial charge in [-0.25, -0.2) is 14.4 Å². The summed E-state index contributed by atoms with van der Waals surface area (Å²) in [7, 11) is 1.76. The fraction of sp³-hybridized carbons (Fsp3) is 0.308. The molecule has 176 valence electrons. The topological polar surface area (TPSA) is 75.6 Å². The summed E-state index contributed by atoms with van der Waals surface area (Å²) in [5, 5.41) is 0. The van der Waals surface area contributed by atoms with Gasteiger partial charge in [-0.1, -0.05) is 24.3 Å². The normalized spacial score (nSPS) is 15.9. The van der Waals surface area contributed by atoms with Crippen LogP contribution in [-0.4, -0.2) is 57.8 Å². The van der Waals surface area contributed by atoms with Crippen LogP contribution in [0.1, 0.15) is 35.2 Å². The van der Waals surface area contributed by atoms with Crippen molar-refractivity contribution >= 4 is 11.8 Å². The number of nitrogens with zero attached hydrogens (tertiary/aromatic N) is 4. The Morgan fingerprint density at radius 3 is 2.65 bits per heavy atom. The Labute approximate surface area is 198 Å². The minimum atomic E-state index is -0.369. The van der Waals surface area contributed by atoms with E-state index in [9.17, 15) is 14.0 Å². The summed E-state index contributed by atoms with van der Waals surface area (Å²) < 4.78 is 19.6. The monoisotopic (exact) mass is 462 g/mol. The molecule has 1 fully saturated rings. The van der Waals surface area contributed by atoms with Gasteiger partial charge < -0.3 is 14.5 Å². The van der Waals surface area contributed by atoms with Crippen molar-refractivity contribution in [3.8, 4) is 11.8 Å². The van der Waals surface area contributed by atoms with Crippen LogP contribution < -0.4 is 4.74 Å². The zero-order valence-corrected chi connectivity index (χ0v) is 19.1. The molecule has 1 atom stereocenters. The van der Waals surface area contributed by atoms with Gasteiger partial charge in [-0.15, -0.1) is 0 Å². The lowest BCUT2D eigenvalue weighted by Crippen LogP contribution is -2.39. The first-order valence-electron chi connectivity index (χ1n) is 11.3. The SMILES string of the molecule is CN(C(=O)Cc1ccccc1F)[C@@H]1CCCN(C(=O)c2cccc(Oc3ncccn3)c2)CC1. The van der Waals surface area contributed by atoms with E-state index in [-0.39, 0.29) is 36.1 Å². The summed E-state index contributed by atoms with van der Waals surface area (Å²) in [4.78, 5) is 37.5. The first kappa shape index (κ1) is 23.4. The Morgan fingerprint density at radius 1 is 1.06 bits per heavy atom. The molecule has 1 saturated heterocycles. The van der Waals surface area contributed by atoms with E-state index in [4.69, 9.17) is 4.74 Å². The average Bonchev–Trinajstić information content (AvgIpc) is 3.12. The molecule has 0 N–H and O–H groups in total. The number of ether oxygens (including phenoxy) is 1. The van der Waals surface area contributed by atoms with Gasteiger partial charge in [0.05, 0.1) is 6.42 Å². The van der Waals surface area contributed by atoms with Crippen molar-refractivity contribution in [2.24, 2.45) is 0 Å². The molecule has 1 aromatic heterocycles. The van der Waals surface area contributed by atoms with Crippen LogP contribution in [0.4, 0.5) is 4.39 Å². The minimum absolute atomic E-state index is 0.00182. The second kappa shape index (κ2) is 10.9. The molecule has 0 bridgehead atoms. The smallest absolute Gasteiger partial charge is 0.321 e. The number of likely N-dealkylation sites (N-methyl/N-ethyl adjacent to an activating group) is 1. The maximum Gasteiger partial charge on any atom is 0.321 e. The van der Waals surface area contributed by atoms with Crippen LogP contribution in [0.3, 0.4) is 0 Å². The molecule has 2 aromatic carbocycles. The van der Waals surface area contributed by atoms with E-state index in [1.54, 1.807) is 72.9 Å². The van der Waals surface area contributed by atoms with Crippen molar-refractivity contribution in [1.82, 2.24) is 19.8 Å². The van der Waals surface area contributed by atoms with Crippen LogP contribution in [-0.2, 0) is 11.2 Å². The van der Waals surface area contributed by atoms with Crippen molar-refractivity contribution in [2.75, 3.05) is 20.1 Å². The molecule has 0 spiro atoms. The Balaban J connectivity index is 1.36. The number of carbonyl (C=O) groups excluding carboxylic acids is 2. The molecule has 4 rings (SSSR count). The summed E-state index contributed by atoms with van der Waals surface area (Å²) in [6.45, 7) is 1.14. The van der Waals surface area contributed by atoms with Gasteiger partial charge in [0.1, 0.15) is 11.6 Å². The van der Waals surface area contributed by atoms with E-state index in [1.165, 1.54) is 6.07 Å². The van der Waals surface area contributed by atoms with Crippen LogP contribution in [0.2, 0.25) is 0 Å². The predicted octanol–water partition coefficient (Wildman–Crippen LogP) is 4.10. The van der Waals surface area contributed by atoms with Crippen LogP contribution in [0.25, 0.3) is 0 Å². The molecule has 0 aliphatic carbocycles. The predicted molar refractivity (Wildman–Crippen MR) is 125 cm³/mol. The van der Waals surface area contributed by atoms with Gasteiger partial charge in [0.25, 0.3) is 5.91 Å². The molecular formula is C26H27FN4O3. The van der Waals surface area contributed by atoms with Crippen LogP contribution in [0.5, 0.6) is 11.8 Å². The van der Waals surface area contributed by atoms with E-state index in [1.807, 2.05) is 4.90 Å². The summed E-state index contributed by atoms with van der Waals surface area (Å²) in [6.07, 6.45) is 5.44. The van der Waals surface area contributed by atoms with E-state index in [2.05, 4.69) is 9.97 Å². The number of aromatic nitrogens is 2. The van der Waals surface area contributed by atoms with Gasteiger partial charge in [-0.2, -0.15) is 0 Å². The molecule has 1 aliphatic heterocycles. The molecule has 8 heteroatoms. The van der Waals surface area contributed by atoms with Crippen LogP contribution >= 0.6 is 0 Å². The van der Waals surface area contributed by atoms with Crippen LogP contribution in [0, 0.1) is 5.82 Å². The number of hydrogen-bond donors (Lipinski definition) is 0. The van der Waals surface area contributed by atoms with Crippen molar-refractivity contribution in [3.63, 3.8) is 0 Å². The molecule has 0 radical (unpaired) electrons. The number of benzene rings is 2. The van der Waals surface area contributed by atoms with Gasteiger partial charge in [0.15, 0.2) is 0 Å². The molecule has 2 heterocycles. The largest absolute Gasteiger partial charge is 0.424 e. The van der Waals surface area contributed by atoms with Crippen molar-refractivity contribution < 1.29 is 18.7 Å². The summed E-state index contributed by atoms with van der Waals surface area (Å²) in [6, 6.07) is 15.2. The number of amides is 2. The van der Waals surface area contributed by atoms with Gasteiger partial charge in [0.2, 0.25) is 5.91 Å². The fourth-order valence-electron chi connectivity index (χ4n) is 4.12. The third-order valence-corrected chi connectivity index (χ3v) is 6.06. The van der Waals surface area contributed by atoms with Gasteiger partial charge in [0, 0.05) is 44.1 Å². The molecule has 0 saturated carbocycles. The van der Waals surface area contributed by atoms with Crippen LogP contribution in [0.15, 0.2) is 67.0 Å². The number of rotatable bonds is 6. The maximum absolute atomic E-state index is 13.9. The van der Waals surface area contributed by atoms with Gasteiger partial charge in [-0.3, -0.25) is 9.59 Å². The second-order valence-corrected chi connectivity index (χ2v) is 8.31. The molecule has 3 aromatic rings. The maximum atomic E-state index is 13.9. The first-order valence-corrected chi connectivity index (χ1v) is 11.3. The standard InChI is InChI=1S/C26H27FN4O3/c1-30(24(32)18-19-7-2-3-11-23(19)27)21-9-5-15-31(16-12-21)25(33)20-8-4-10-22(17-20)34-26-28-13-6-14-29-26/h2-4,6-8,10-11,13-14,17,21H,5,9,12,15-16,18H2,1H3/t21-/m1/s1. The third-order valence-electron chi connectivity index (χ3n) is 6.06. The summed E-state index contributed by atoms with van der Waals surface area (Å²) in [5.74, 6) is -0.0848. The Bertz CT molecular complexity index is 1140. The Hall–Kier alpha value is -3.81. The van der Waals surface area contributed by atoms with E-state index >= 15 is 0 Å². The van der Waals surface area contributed by atoms with Gasteiger partial charge in [-0.05, 0) is 55.2 Å². The minimum Gasteiger partial charge on any atom is -0.424 e. The molecular weight excluding hydrogens is 435 g/mol. The highest BCUT2D eigenvalue weighted by atomic mass is 19.1. The molecule has 7 nitrogen and oxygen atoms in total. The number of halogens is 1. The molecule has 0 unspecified atom stereocenters. The van der Waals surface area contributed by atoms with Crippen molar-refractivity contribution in [2.45, 2.75) is 31.7 Å². The molecule has 2 amide bonds. The quantitative estimate of drug-likeness (QED) is 0.551. The Morgan fingerprint density at radius 2 is 1.85 bits per heavy atom. The lowest BCUT2D eigenvalue weighted by Gasteiger charge is -2.27. The van der Waals surface area contributed by atoms with Gasteiger partial charge >= 0.3 is 6.01 Å². The number of carbonyl (C=O) groups is 2. The lowest BCUT2D eigenvalue weighted by atomic mass is 10.1. The highest BCUT2D eigenvalue weighted by Crippen LogP contribution is 2.22. The first-order chi connectivity index (χ1) is 16.5. The third kappa shape index (κ3) is 5.75. The fourth-order valence-corrected chi connectivity index (χ4v) is 4.12. The van der Waals surface area contributed by atoms with E-state index in [0.717, 1.165) is 12.8 Å². The highest BCUT2D eigenvalue weighted by molar-refractivity contribution is 5.94. The average molecular weight is 463 g/mol. The zero-order valence-electron chi connectivity index (χ0n) is 19.1. The van der Waals surface area contributed by atoms with E-state index in [0.29, 0.717) is 36.4 Å². The molecule has 34 heavy (non-hydrogen) atoms. The van der Waals surface area contributed by atoms with E-state index < -0.39 is 0 Å². The van der Waals surface area contributed by atoms with Crippen molar-refractivity contribution in [1.29, 1.82) is 0 Å². The highest BCUT2D eigenvalue weighted by Gasteiger charge is 2.26. The zero-order chi connectivity index (χ0) is 23.9. The second-order valence-electron chi connectivity index (χ2n) is 8.31. The van der Waals surface area contributed by atoms with Crippen molar-refractivity contribution in [3.05, 3.63) is 83.9 Å². The summed E-state index contributed by atoms with van der Waals surface area (Å²) >= 11 is 0. The lowest BCUT2D eigenvalue weighted by molar-refractivity contribution is -0.131. The number of hydrogen-bond acceptors (Lipinski definition) is 5. The molecule has 1 aliphatic rings. The summed E-state index contributed by atoms with van der Waals surface area (Å²) in [5.41, 5.74) is 0.920. The number of likely N-dealkylation sites (tertiary alicyclic amines) is 1. The Kier molecular flexibility index (Phi) is 7.47.